The van der Waals surface area contributed by atoms with Gasteiger partial charge in [0.25, 0.3) is 0 Å². The lowest BCUT2D eigenvalue weighted by Gasteiger charge is -2.29. The lowest BCUT2D eigenvalue weighted by atomic mass is 10.0. The van der Waals surface area contributed by atoms with Crippen LogP contribution in [0.3, 0.4) is 0 Å². The van der Waals surface area contributed by atoms with Crippen LogP contribution < -0.4 is 0 Å². The first kappa shape index (κ1) is 21.9. The molecule has 2 aromatic heterocycles. The molecule has 0 saturated carbocycles. The fourth-order valence-electron chi connectivity index (χ4n) is 4.29. The van der Waals surface area contributed by atoms with Gasteiger partial charge < -0.3 is 14.6 Å². The standard InChI is InChI=1S/C25H26N4O3S/c30-22-9-12-28(13-10-22)11-8-18-4-6-19(7-5-18)21-15-26-25-24(16-27-29(25)17-21)20-2-1-3-23(14-20)33(31)32/h1-7,14-17,22,30H,8-13H2,(H,31,32). The van der Waals surface area contributed by atoms with E-state index in [-0.39, 0.29) is 6.10 Å². The van der Waals surface area contributed by atoms with Gasteiger partial charge in [0.1, 0.15) is 0 Å². The molecule has 0 aliphatic carbocycles. The minimum Gasteiger partial charge on any atom is -0.393 e. The van der Waals surface area contributed by atoms with Crippen LogP contribution in [0.15, 0.2) is 72.0 Å². The second-order valence-electron chi connectivity index (χ2n) is 8.47. The molecule has 1 fully saturated rings. The van der Waals surface area contributed by atoms with E-state index in [2.05, 4.69) is 39.2 Å². The van der Waals surface area contributed by atoms with Gasteiger partial charge in [-0.05, 0) is 48.1 Å². The molecular weight excluding hydrogens is 436 g/mol. The third-order valence-electron chi connectivity index (χ3n) is 6.26. The van der Waals surface area contributed by atoms with Crippen molar-refractivity contribution < 1.29 is 13.9 Å². The minimum atomic E-state index is -2.03. The van der Waals surface area contributed by atoms with Gasteiger partial charge in [0.05, 0.1) is 17.2 Å². The molecule has 0 amide bonds. The van der Waals surface area contributed by atoms with Crippen LogP contribution >= 0.6 is 0 Å². The molecule has 8 heteroatoms. The molecule has 0 bridgehead atoms. The van der Waals surface area contributed by atoms with Crippen molar-refractivity contribution in [1.82, 2.24) is 19.5 Å². The quantitative estimate of drug-likeness (QED) is 0.425. The number of likely N-dealkylation sites (tertiary alicyclic amines) is 1. The maximum Gasteiger partial charge on any atom is 0.186 e. The Labute approximate surface area is 195 Å². The molecule has 2 N–H and O–H groups in total. The molecule has 1 atom stereocenters. The molecule has 3 heterocycles. The summed E-state index contributed by atoms with van der Waals surface area (Å²) in [6.07, 6.45) is 8.12. The zero-order valence-corrected chi connectivity index (χ0v) is 19.0. The van der Waals surface area contributed by atoms with E-state index in [1.807, 2.05) is 18.5 Å². The van der Waals surface area contributed by atoms with Crippen molar-refractivity contribution in [3.8, 4) is 22.3 Å². The van der Waals surface area contributed by atoms with E-state index in [1.54, 1.807) is 28.9 Å². The molecule has 7 nitrogen and oxygen atoms in total. The van der Waals surface area contributed by atoms with Gasteiger partial charge in [-0.2, -0.15) is 5.10 Å². The zero-order valence-electron chi connectivity index (χ0n) is 18.2. The third-order valence-corrected chi connectivity index (χ3v) is 6.92. The summed E-state index contributed by atoms with van der Waals surface area (Å²) in [6.45, 7) is 2.96. The van der Waals surface area contributed by atoms with Crippen molar-refractivity contribution in [1.29, 1.82) is 0 Å². The summed E-state index contributed by atoms with van der Waals surface area (Å²) in [4.78, 5) is 7.40. The number of aliphatic hydroxyl groups is 1. The predicted octanol–water partition coefficient (Wildman–Crippen LogP) is 3.64. The average Bonchev–Trinajstić information content (AvgIpc) is 3.27. The maximum absolute atomic E-state index is 11.4. The number of nitrogens with zero attached hydrogens (tertiary/aromatic N) is 4. The Kier molecular flexibility index (Phi) is 6.32. The van der Waals surface area contributed by atoms with Crippen LogP contribution in [0.5, 0.6) is 0 Å². The highest BCUT2D eigenvalue weighted by Crippen LogP contribution is 2.27. The largest absolute Gasteiger partial charge is 0.393 e. The highest BCUT2D eigenvalue weighted by molar-refractivity contribution is 7.79. The number of hydrogen-bond donors (Lipinski definition) is 2. The molecular formula is C25H26N4O3S. The molecule has 170 valence electrons. The Morgan fingerprint density at radius 2 is 1.79 bits per heavy atom. The van der Waals surface area contributed by atoms with E-state index in [0.29, 0.717) is 10.5 Å². The van der Waals surface area contributed by atoms with Crippen LogP contribution in [-0.2, 0) is 17.5 Å². The van der Waals surface area contributed by atoms with Gasteiger partial charge in [0.2, 0.25) is 0 Å². The Morgan fingerprint density at radius 1 is 1.00 bits per heavy atom. The molecule has 1 aliphatic heterocycles. The van der Waals surface area contributed by atoms with E-state index in [1.165, 1.54) is 5.56 Å². The molecule has 2 aromatic carbocycles. The maximum atomic E-state index is 11.4. The van der Waals surface area contributed by atoms with Gasteiger partial charge >= 0.3 is 0 Å². The fourth-order valence-corrected chi connectivity index (χ4v) is 4.72. The summed E-state index contributed by atoms with van der Waals surface area (Å²) < 4.78 is 22.5. The van der Waals surface area contributed by atoms with Crippen molar-refractivity contribution in [3.63, 3.8) is 0 Å². The van der Waals surface area contributed by atoms with Crippen molar-refractivity contribution >= 4 is 16.7 Å². The molecule has 0 spiro atoms. The Morgan fingerprint density at radius 3 is 2.55 bits per heavy atom. The Balaban J connectivity index is 1.31. The Bertz CT molecular complexity index is 1280. The summed E-state index contributed by atoms with van der Waals surface area (Å²) in [5, 5.41) is 14.1. The number of piperidine rings is 1. The topological polar surface area (TPSA) is 91.0 Å². The second kappa shape index (κ2) is 9.52. The number of rotatable bonds is 6. The van der Waals surface area contributed by atoms with Crippen LogP contribution in [0.2, 0.25) is 0 Å². The SMILES string of the molecule is O=S(O)c1cccc(-c2cnn3cc(-c4ccc(CCN5CCC(O)CC5)cc4)cnc23)c1. The van der Waals surface area contributed by atoms with Gasteiger partial charge in [0, 0.05) is 43.2 Å². The molecule has 5 rings (SSSR count). The molecule has 1 aliphatic rings. The number of benzene rings is 2. The van der Waals surface area contributed by atoms with E-state index in [9.17, 15) is 13.9 Å². The summed E-state index contributed by atoms with van der Waals surface area (Å²) >= 11 is -2.03. The Hall–Kier alpha value is -2.91. The fraction of sp³-hybridized carbons (Fsp3) is 0.280. The van der Waals surface area contributed by atoms with Gasteiger partial charge in [-0.3, -0.25) is 0 Å². The van der Waals surface area contributed by atoms with Crippen LogP contribution in [0.4, 0.5) is 0 Å². The monoisotopic (exact) mass is 462 g/mol. The molecule has 4 aromatic rings. The molecule has 1 saturated heterocycles. The highest BCUT2D eigenvalue weighted by Gasteiger charge is 2.16. The number of aromatic nitrogens is 3. The zero-order chi connectivity index (χ0) is 22.8. The van der Waals surface area contributed by atoms with Gasteiger partial charge in [0.15, 0.2) is 16.7 Å². The second-order valence-corrected chi connectivity index (χ2v) is 9.44. The summed E-state index contributed by atoms with van der Waals surface area (Å²) in [5.74, 6) is 0. The summed E-state index contributed by atoms with van der Waals surface area (Å²) in [7, 11) is 0. The van der Waals surface area contributed by atoms with E-state index in [4.69, 9.17) is 0 Å². The first-order valence-corrected chi connectivity index (χ1v) is 12.2. The van der Waals surface area contributed by atoms with Crippen molar-refractivity contribution in [2.45, 2.75) is 30.3 Å². The molecule has 33 heavy (non-hydrogen) atoms. The lowest BCUT2D eigenvalue weighted by molar-refractivity contribution is 0.0832. The van der Waals surface area contributed by atoms with Crippen molar-refractivity contribution in [2.24, 2.45) is 0 Å². The molecule has 1 unspecified atom stereocenters. The van der Waals surface area contributed by atoms with E-state index in [0.717, 1.165) is 61.2 Å². The number of hydrogen-bond acceptors (Lipinski definition) is 5. The minimum absolute atomic E-state index is 0.131. The summed E-state index contributed by atoms with van der Waals surface area (Å²) in [6, 6.07) is 15.5. The first-order valence-electron chi connectivity index (χ1n) is 11.1. The normalized spacial score (nSPS) is 16.3. The van der Waals surface area contributed by atoms with Crippen LogP contribution in [0.25, 0.3) is 27.9 Å². The van der Waals surface area contributed by atoms with Gasteiger partial charge in [-0.1, -0.05) is 36.4 Å². The van der Waals surface area contributed by atoms with Crippen molar-refractivity contribution in [3.05, 3.63) is 72.7 Å². The average molecular weight is 463 g/mol. The first-order chi connectivity index (χ1) is 16.1. The molecule has 0 radical (unpaired) electrons. The van der Waals surface area contributed by atoms with Crippen LogP contribution in [0.1, 0.15) is 18.4 Å². The van der Waals surface area contributed by atoms with E-state index >= 15 is 0 Å². The van der Waals surface area contributed by atoms with Crippen LogP contribution in [-0.4, -0.2) is 59.1 Å². The van der Waals surface area contributed by atoms with Gasteiger partial charge in [-0.25, -0.2) is 13.7 Å². The lowest BCUT2D eigenvalue weighted by Crippen LogP contribution is -2.37. The smallest absolute Gasteiger partial charge is 0.186 e. The van der Waals surface area contributed by atoms with Gasteiger partial charge in [-0.15, -0.1) is 0 Å². The third kappa shape index (κ3) is 4.89. The van der Waals surface area contributed by atoms with Crippen molar-refractivity contribution in [2.75, 3.05) is 19.6 Å². The number of fused-ring (bicyclic) bond motifs is 1. The van der Waals surface area contributed by atoms with Crippen LogP contribution in [0, 0.1) is 0 Å². The van der Waals surface area contributed by atoms with E-state index < -0.39 is 11.1 Å². The highest BCUT2D eigenvalue weighted by atomic mass is 32.2. The predicted molar refractivity (Wildman–Crippen MR) is 128 cm³/mol. The summed E-state index contributed by atoms with van der Waals surface area (Å²) in [5.41, 5.74) is 5.65. The number of aliphatic hydroxyl groups excluding tert-OH is 1.